The molecule has 0 aromatic heterocycles. The molecule has 86 valence electrons. The van der Waals surface area contributed by atoms with Crippen LogP contribution in [0.25, 0.3) is 0 Å². The van der Waals surface area contributed by atoms with Gasteiger partial charge < -0.3 is 4.74 Å². The van der Waals surface area contributed by atoms with E-state index in [9.17, 15) is 14.0 Å². The van der Waals surface area contributed by atoms with Gasteiger partial charge in [-0.25, -0.2) is 9.18 Å². The van der Waals surface area contributed by atoms with E-state index in [-0.39, 0.29) is 11.1 Å². The van der Waals surface area contributed by atoms with Gasteiger partial charge in [0.05, 0.1) is 11.1 Å². The van der Waals surface area contributed by atoms with E-state index in [1.165, 1.54) is 12.1 Å². The van der Waals surface area contributed by atoms with Gasteiger partial charge in [-0.3, -0.25) is 4.79 Å². The number of hydrogen-bond acceptors (Lipinski definition) is 3. The fraction of sp³-hybridized carbons (Fsp3) is 0.333. The number of benzene rings is 1. The third-order valence-corrected chi connectivity index (χ3v) is 1.76. The standard InChI is InChI=1S/C12H13FO3/c1-12(2,3)16-11(15)8-4-5-10(13)9(6-8)7-14/h4-7H,1-3H3. The van der Waals surface area contributed by atoms with Gasteiger partial charge in [0, 0.05) is 0 Å². The quantitative estimate of drug-likeness (QED) is 0.572. The summed E-state index contributed by atoms with van der Waals surface area (Å²) in [7, 11) is 0. The van der Waals surface area contributed by atoms with E-state index in [4.69, 9.17) is 4.74 Å². The fourth-order valence-electron chi connectivity index (χ4n) is 1.10. The van der Waals surface area contributed by atoms with E-state index in [0.717, 1.165) is 6.07 Å². The minimum absolute atomic E-state index is 0.150. The smallest absolute Gasteiger partial charge is 0.338 e. The normalized spacial score (nSPS) is 11.0. The molecule has 0 N–H and O–H groups in total. The molecule has 0 amide bonds. The molecule has 0 aliphatic rings. The average Bonchev–Trinajstić information content (AvgIpc) is 2.15. The zero-order valence-electron chi connectivity index (χ0n) is 9.41. The highest BCUT2D eigenvalue weighted by atomic mass is 19.1. The van der Waals surface area contributed by atoms with Crippen LogP contribution in [0.5, 0.6) is 0 Å². The Kier molecular flexibility index (Phi) is 3.42. The SMILES string of the molecule is CC(C)(C)OC(=O)c1ccc(F)c(C=O)c1. The molecule has 0 radical (unpaired) electrons. The Hall–Kier alpha value is -1.71. The highest BCUT2D eigenvalue weighted by Gasteiger charge is 2.18. The van der Waals surface area contributed by atoms with Crippen LogP contribution in [0.3, 0.4) is 0 Å². The summed E-state index contributed by atoms with van der Waals surface area (Å²) >= 11 is 0. The first-order valence-electron chi connectivity index (χ1n) is 4.81. The second kappa shape index (κ2) is 4.43. The first-order chi connectivity index (χ1) is 7.33. The highest BCUT2D eigenvalue weighted by Crippen LogP contribution is 2.14. The molecule has 1 aromatic rings. The van der Waals surface area contributed by atoms with Crippen molar-refractivity contribution in [2.45, 2.75) is 26.4 Å². The lowest BCUT2D eigenvalue weighted by Gasteiger charge is -2.19. The van der Waals surface area contributed by atoms with Crippen LogP contribution in [-0.4, -0.2) is 17.9 Å². The Bertz CT molecular complexity index is 419. The lowest BCUT2D eigenvalue weighted by Crippen LogP contribution is -2.24. The van der Waals surface area contributed by atoms with Crippen LogP contribution in [0.4, 0.5) is 4.39 Å². The summed E-state index contributed by atoms with van der Waals surface area (Å²) < 4.78 is 18.1. The molecule has 0 bridgehead atoms. The number of halogens is 1. The van der Waals surface area contributed by atoms with Crippen molar-refractivity contribution in [2.24, 2.45) is 0 Å². The summed E-state index contributed by atoms with van der Waals surface area (Å²) in [5, 5.41) is 0. The van der Waals surface area contributed by atoms with Crippen molar-refractivity contribution >= 4 is 12.3 Å². The third kappa shape index (κ3) is 3.15. The molecule has 0 unspecified atom stereocenters. The first kappa shape index (κ1) is 12.4. The Labute approximate surface area is 93.2 Å². The van der Waals surface area contributed by atoms with Crippen LogP contribution in [-0.2, 0) is 4.74 Å². The van der Waals surface area contributed by atoms with E-state index in [1.807, 2.05) is 0 Å². The van der Waals surface area contributed by atoms with Gasteiger partial charge in [-0.15, -0.1) is 0 Å². The molecular formula is C12H13FO3. The maximum atomic E-state index is 13.0. The van der Waals surface area contributed by atoms with Crippen molar-refractivity contribution in [3.63, 3.8) is 0 Å². The molecule has 0 spiro atoms. The van der Waals surface area contributed by atoms with E-state index in [0.29, 0.717) is 6.29 Å². The average molecular weight is 224 g/mol. The second-order valence-electron chi connectivity index (χ2n) is 4.36. The van der Waals surface area contributed by atoms with Crippen molar-refractivity contribution in [1.82, 2.24) is 0 Å². The maximum absolute atomic E-state index is 13.0. The third-order valence-electron chi connectivity index (χ3n) is 1.76. The monoisotopic (exact) mass is 224 g/mol. The molecule has 16 heavy (non-hydrogen) atoms. The Balaban J connectivity index is 2.97. The summed E-state index contributed by atoms with van der Waals surface area (Å²) in [4.78, 5) is 22.1. The fourth-order valence-corrected chi connectivity index (χ4v) is 1.10. The minimum atomic E-state index is -0.651. The van der Waals surface area contributed by atoms with Crippen LogP contribution >= 0.6 is 0 Å². The first-order valence-corrected chi connectivity index (χ1v) is 4.81. The number of hydrogen-bond donors (Lipinski definition) is 0. The molecule has 0 saturated heterocycles. The van der Waals surface area contributed by atoms with E-state index in [1.54, 1.807) is 20.8 Å². The lowest BCUT2D eigenvalue weighted by atomic mass is 10.1. The molecule has 0 aliphatic carbocycles. The number of esters is 1. The Morgan fingerprint density at radius 1 is 1.38 bits per heavy atom. The molecule has 3 nitrogen and oxygen atoms in total. The van der Waals surface area contributed by atoms with E-state index >= 15 is 0 Å². The largest absolute Gasteiger partial charge is 0.456 e. The van der Waals surface area contributed by atoms with Crippen molar-refractivity contribution in [3.8, 4) is 0 Å². The van der Waals surface area contributed by atoms with Gasteiger partial charge in [-0.1, -0.05) is 0 Å². The van der Waals surface area contributed by atoms with Crippen molar-refractivity contribution in [1.29, 1.82) is 0 Å². The van der Waals surface area contributed by atoms with Crippen molar-refractivity contribution in [2.75, 3.05) is 0 Å². The van der Waals surface area contributed by atoms with E-state index < -0.39 is 17.4 Å². The number of aldehydes is 1. The molecule has 0 saturated carbocycles. The van der Waals surface area contributed by atoms with Gasteiger partial charge >= 0.3 is 5.97 Å². The van der Waals surface area contributed by atoms with Crippen molar-refractivity contribution in [3.05, 3.63) is 35.1 Å². The zero-order valence-corrected chi connectivity index (χ0v) is 9.41. The van der Waals surface area contributed by atoms with Gasteiger partial charge in [0.1, 0.15) is 11.4 Å². The number of ether oxygens (including phenoxy) is 1. The van der Waals surface area contributed by atoms with Gasteiger partial charge in [0.25, 0.3) is 0 Å². The predicted molar refractivity (Wildman–Crippen MR) is 57.0 cm³/mol. The maximum Gasteiger partial charge on any atom is 0.338 e. The summed E-state index contributed by atoms with van der Waals surface area (Å²) in [6.45, 7) is 5.19. The zero-order chi connectivity index (χ0) is 12.3. The van der Waals surface area contributed by atoms with Gasteiger partial charge in [-0.2, -0.15) is 0 Å². The summed E-state index contributed by atoms with van der Waals surface area (Å²) in [5.74, 6) is -1.22. The van der Waals surface area contributed by atoms with Crippen LogP contribution < -0.4 is 0 Å². The van der Waals surface area contributed by atoms with E-state index in [2.05, 4.69) is 0 Å². The van der Waals surface area contributed by atoms with Crippen LogP contribution in [0.2, 0.25) is 0 Å². The number of carbonyl (C=O) groups excluding carboxylic acids is 2. The molecule has 1 aromatic carbocycles. The summed E-state index contributed by atoms with van der Waals surface area (Å²) in [6.07, 6.45) is 0.364. The second-order valence-corrected chi connectivity index (χ2v) is 4.36. The molecule has 0 fully saturated rings. The number of rotatable bonds is 2. The Morgan fingerprint density at radius 3 is 2.50 bits per heavy atom. The lowest BCUT2D eigenvalue weighted by molar-refractivity contribution is 0.00695. The molecule has 0 atom stereocenters. The highest BCUT2D eigenvalue weighted by molar-refractivity contribution is 5.91. The predicted octanol–water partition coefficient (Wildman–Crippen LogP) is 2.59. The number of carbonyl (C=O) groups is 2. The molecule has 4 heteroatoms. The molecule has 0 aliphatic heterocycles. The molecule has 1 rings (SSSR count). The topological polar surface area (TPSA) is 43.4 Å². The van der Waals surface area contributed by atoms with Gasteiger partial charge in [0.2, 0.25) is 0 Å². The Morgan fingerprint density at radius 2 is 2.00 bits per heavy atom. The van der Waals surface area contributed by atoms with Gasteiger partial charge in [0.15, 0.2) is 6.29 Å². The molecule has 0 heterocycles. The van der Waals surface area contributed by atoms with Crippen LogP contribution in [0.1, 0.15) is 41.5 Å². The minimum Gasteiger partial charge on any atom is -0.456 e. The van der Waals surface area contributed by atoms with Crippen LogP contribution in [0.15, 0.2) is 18.2 Å². The summed E-state index contributed by atoms with van der Waals surface area (Å²) in [5.41, 5.74) is -0.603. The van der Waals surface area contributed by atoms with Gasteiger partial charge in [-0.05, 0) is 39.0 Å². The molecular weight excluding hydrogens is 211 g/mol. The van der Waals surface area contributed by atoms with Crippen molar-refractivity contribution < 1.29 is 18.7 Å². The van der Waals surface area contributed by atoms with Crippen LogP contribution in [0, 0.1) is 5.82 Å². The summed E-state index contributed by atoms with van der Waals surface area (Å²) in [6, 6.07) is 3.54.